The van der Waals surface area contributed by atoms with Gasteiger partial charge in [0.15, 0.2) is 0 Å². The predicted molar refractivity (Wildman–Crippen MR) is 95.2 cm³/mol. The van der Waals surface area contributed by atoms with Crippen molar-refractivity contribution in [3.63, 3.8) is 0 Å². The van der Waals surface area contributed by atoms with Gasteiger partial charge in [-0.1, -0.05) is 30.3 Å². The van der Waals surface area contributed by atoms with E-state index in [-0.39, 0.29) is 18.7 Å². The third-order valence-electron chi connectivity index (χ3n) is 3.38. The van der Waals surface area contributed by atoms with Gasteiger partial charge in [-0.05, 0) is 18.4 Å². The van der Waals surface area contributed by atoms with Gasteiger partial charge in [0.25, 0.3) is 0 Å². The molecule has 0 amide bonds. The minimum atomic E-state index is -6.00. The number of halogens is 3. The van der Waals surface area contributed by atoms with Crippen LogP contribution in [0.4, 0.5) is 13.2 Å². The van der Waals surface area contributed by atoms with E-state index in [4.69, 9.17) is 4.74 Å². The lowest BCUT2D eigenvalue weighted by atomic mass is 10.2. The molecule has 0 aliphatic carbocycles. The van der Waals surface area contributed by atoms with E-state index in [1.807, 2.05) is 30.3 Å². The summed E-state index contributed by atoms with van der Waals surface area (Å²) < 4.78 is 92.5. The molecule has 0 saturated heterocycles. The third kappa shape index (κ3) is 6.94. The van der Waals surface area contributed by atoms with Gasteiger partial charge in [-0.3, -0.25) is 0 Å². The lowest BCUT2D eigenvalue weighted by Gasteiger charge is -2.11. The maximum absolute atomic E-state index is 12.5. The maximum Gasteiger partial charge on any atom is 0.534 e. The molecule has 0 spiro atoms. The quantitative estimate of drug-likeness (QED) is 0.245. The van der Waals surface area contributed by atoms with Crippen LogP contribution in [0.25, 0.3) is 0 Å². The second kappa shape index (κ2) is 9.05. The normalized spacial score (nSPS) is 12.7. The molecule has 1 aromatic carbocycles. The summed E-state index contributed by atoms with van der Waals surface area (Å²) in [5, 5.41) is -0.840. The Balaban J connectivity index is 2.08. The minimum Gasteiger partial charge on any atom is -0.377 e. The van der Waals surface area contributed by atoms with Gasteiger partial charge in [0, 0.05) is 24.6 Å². The van der Waals surface area contributed by atoms with Crippen molar-refractivity contribution in [2.45, 2.75) is 30.1 Å². The van der Waals surface area contributed by atoms with Crippen LogP contribution in [0.2, 0.25) is 0 Å². The number of aryl methyl sites for hydroxylation is 1. The predicted octanol–water partition coefficient (Wildman–Crippen LogP) is 2.26. The zero-order chi connectivity index (χ0) is 21.7. The van der Waals surface area contributed by atoms with Crippen molar-refractivity contribution in [3.05, 3.63) is 47.7 Å². The summed E-state index contributed by atoms with van der Waals surface area (Å²) in [4.78, 5) is 7.00. The second-order valence-corrected chi connectivity index (χ2v) is 9.32. The molecule has 1 heterocycles. The van der Waals surface area contributed by atoms with Crippen molar-refractivity contribution in [1.82, 2.24) is 9.97 Å². The number of sulfone groups is 1. The highest BCUT2D eigenvalue weighted by molar-refractivity contribution is 7.90. The van der Waals surface area contributed by atoms with Crippen LogP contribution in [0.3, 0.4) is 0 Å². The molecule has 1 aromatic heterocycles. The molecule has 0 aliphatic heterocycles. The highest BCUT2D eigenvalue weighted by atomic mass is 32.2. The molecule has 160 valence electrons. The molecule has 0 bridgehead atoms. The van der Waals surface area contributed by atoms with Gasteiger partial charge in [0.1, 0.15) is 0 Å². The summed E-state index contributed by atoms with van der Waals surface area (Å²) >= 11 is 0. The molecule has 2 aromatic rings. The van der Waals surface area contributed by atoms with Crippen LogP contribution in [0.5, 0.6) is 5.88 Å². The summed E-state index contributed by atoms with van der Waals surface area (Å²) in [5.41, 5.74) is -4.74. The first kappa shape index (κ1) is 23.0. The fraction of sp³-hybridized carbons (Fsp3) is 0.375. The Bertz CT molecular complexity index is 1040. The number of alkyl halides is 3. The Labute approximate surface area is 165 Å². The topological polar surface area (TPSA) is 113 Å². The molecular formula is C16H17F3N2O6S2. The Hall–Kier alpha value is -2.25. The fourth-order valence-electron chi connectivity index (χ4n) is 2.07. The van der Waals surface area contributed by atoms with Crippen molar-refractivity contribution in [2.75, 3.05) is 12.9 Å². The molecule has 13 heteroatoms. The monoisotopic (exact) mass is 454 g/mol. The summed E-state index contributed by atoms with van der Waals surface area (Å²) in [6, 6.07) is 10.1. The van der Waals surface area contributed by atoms with Crippen LogP contribution in [0, 0.1) is 0 Å². The van der Waals surface area contributed by atoms with E-state index in [1.165, 1.54) is 0 Å². The molecule has 0 saturated carbocycles. The van der Waals surface area contributed by atoms with Crippen LogP contribution in [-0.2, 0) is 37.7 Å². The first-order chi connectivity index (χ1) is 13.4. The van der Waals surface area contributed by atoms with Crippen molar-refractivity contribution in [1.29, 1.82) is 0 Å². The van der Waals surface area contributed by atoms with E-state index in [2.05, 4.69) is 14.2 Å². The number of nitrogens with zero attached hydrogens (tertiary/aromatic N) is 2. The first-order valence-corrected chi connectivity index (χ1v) is 11.4. The standard InChI is InChI=1S/C16H17F3N2O6S2/c1-28(22,23)15-20-13(8-5-9-26-11-12-6-3-2-4-7-12)10-14(21-15)27-29(24,25)16(17,18)19/h2-4,6-7,10H,5,8-9,11H2,1H3. The van der Waals surface area contributed by atoms with E-state index in [9.17, 15) is 30.0 Å². The van der Waals surface area contributed by atoms with Crippen molar-refractivity contribution >= 4 is 20.0 Å². The number of aromatic nitrogens is 2. The number of hydrogen-bond acceptors (Lipinski definition) is 8. The molecule has 0 radical (unpaired) electrons. The van der Waals surface area contributed by atoms with E-state index in [1.54, 1.807) is 0 Å². The highest BCUT2D eigenvalue weighted by Gasteiger charge is 2.49. The molecular weight excluding hydrogens is 437 g/mol. The average Bonchev–Trinajstić information content (AvgIpc) is 2.60. The van der Waals surface area contributed by atoms with Gasteiger partial charge in [0.05, 0.1) is 6.61 Å². The Morgan fingerprint density at radius 1 is 1.03 bits per heavy atom. The van der Waals surface area contributed by atoms with Crippen molar-refractivity contribution < 1.29 is 38.9 Å². The van der Waals surface area contributed by atoms with Gasteiger partial charge in [-0.2, -0.15) is 26.6 Å². The molecule has 8 nitrogen and oxygen atoms in total. The van der Waals surface area contributed by atoms with Crippen LogP contribution in [0.1, 0.15) is 17.7 Å². The summed E-state index contributed by atoms with van der Waals surface area (Å²) in [5.74, 6) is -1.03. The van der Waals surface area contributed by atoms with Crippen molar-refractivity contribution in [2.24, 2.45) is 0 Å². The molecule has 0 N–H and O–H groups in total. The largest absolute Gasteiger partial charge is 0.534 e. The zero-order valence-corrected chi connectivity index (χ0v) is 16.7. The van der Waals surface area contributed by atoms with E-state index in [0.29, 0.717) is 13.0 Å². The minimum absolute atomic E-state index is 0.00360. The van der Waals surface area contributed by atoms with Gasteiger partial charge >= 0.3 is 15.6 Å². The van der Waals surface area contributed by atoms with E-state index in [0.717, 1.165) is 17.9 Å². The summed E-state index contributed by atoms with van der Waals surface area (Å²) in [6.07, 6.45) is 1.18. The molecule has 0 aliphatic rings. The highest BCUT2D eigenvalue weighted by Crippen LogP contribution is 2.26. The third-order valence-corrected chi connectivity index (χ3v) is 5.18. The Kier molecular flexibility index (Phi) is 7.19. The number of benzene rings is 1. The molecule has 29 heavy (non-hydrogen) atoms. The smallest absolute Gasteiger partial charge is 0.377 e. The molecule has 2 rings (SSSR count). The van der Waals surface area contributed by atoms with Crippen molar-refractivity contribution in [3.8, 4) is 5.88 Å². The van der Waals surface area contributed by atoms with Crippen LogP contribution in [0.15, 0.2) is 41.6 Å². The van der Waals surface area contributed by atoms with Crippen LogP contribution < -0.4 is 4.18 Å². The summed E-state index contributed by atoms with van der Waals surface area (Å²) in [7, 11) is -10.0. The number of hydrogen-bond donors (Lipinski definition) is 0. The number of rotatable bonds is 9. The van der Waals surface area contributed by atoms with E-state index < -0.39 is 36.5 Å². The number of ether oxygens (including phenoxy) is 1. The lowest BCUT2D eigenvalue weighted by Crippen LogP contribution is -2.28. The summed E-state index contributed by atoms with van der Waals surface area (Å²) in [6.45, 7) is 0.599. The molecule has 0 atom stereocenters. The van der Waals surface area contributed by atoms with Gasteiger partial charge in [0.2, 0.25) is 20.9 Å². The maximum atomic E-state index is 12.5. The Morgan fingerprint density at radius 2 is 1.69 bits per heavy atom. The second-order valence-electron chi connectivity index (χ2n) is 5.88. The zero-order valence-electron chi connectivity index (χ0n) is 15.1. The van der Waals surface area contributed by atoms with Gasteiger partial charge in [-0.25, -0.2) is 13.4 Å². The molecule has 0 unspecified atom stereocenters. The molecule has 0 fully saturated rings. The van der Waals surface area contributed by atoms with Gasteiger partial charge < -0.3 is 8.92 Å². The Morgan fingerprint density at radius 3 is 2.28 bits per heavy atom. The van der Waals surface area contributed by atoms with Crippen LogP contribution >= 0.6 is 0 Å². The SMILES string of the molecule is CS(=O)(=O)c1nc(CCCOCc2ccccc2)cc(OS(=O)(=O)C(F)(F)F)n1. The van der Waals surface area contributed by atoms with Crippen LogP contribution in [-0.4, -0.2) is 45.2 Å². The lowest BCUT2D eigenvalue weighted by molar-refractivity contribution is -0.0501. The fourth-order valence-corrected chi connectivity index (χ4v) is 3.01. The average molecular weight is 454 g/mol. The van der Waals surface area contributed by atoms with Gasteiger partial charge in [-0.15, -0.1) is 0 Å². The van der Waals surface area contributed by atoms with E-state index >= 15 is 0 Å². The first-order valence-electron chi connectivity index (χ1n) is 8.09.